The van der Waals surface area contributed by atoms with Gasteiger partial charge in [-0.25, -0.2) is 8.42 Å². The van der Waals surface area contributed by atoms with Gasteiger partial charge in [-0.15, -0.1) is 0 Å². The van der Waals surface area contributed by atoms with Gasteiger partial charge in [-0.3, -0.25) is 4.79 Å². The molecule has 0 bridgehead atoms. The average molecular weight is 374 g/mol. The highest BCUT2D eigenvalue weighted by molar-refractivity contribution is 7.89. The second kappa shape index (κ2) is 7.57. The molecule has 26 heavy (non-hydrogen) atoms. The van der Waals surface area contributed by atoms with E-state index in [4.69, 9.17) is 4.74 Å². The standard InChI is InChI=1S/C19H22N2O4S/c1-15-8-9-16(19(22)20(2)17-6-4-3-5-7-17)14-18(15)26(23,24)21-10-12-25-13-11-21/h3-9,14H,10-13H2,1-2H3. The Labute approximate surface area is 154 Å². The maximum Gasteiger partial charge on any atom is 0.258 e. The Balaban J connectivity index is 1.93. The lowest BCUT2D eigenvalue weighted by Crippen LogP contribution is -2.41. The molecule has 0 aliphatic carbocycles. The third-order valence-corrected chi connectivity index (χ3v) is 6.51. The van der Waals surface area contributed by atoms with Crippen molar-refractivity contribution < 1.29 is 17.9 Å². The first-order valence-corrected chi connectivity index (χ1v) is 9.87. The molecule has 138 valence electrons. The number of morpholine rings is 1. The molecule has 7 heteroatoms. The zero-order chi connectivity index (χ0) is 18.7. The Bertz CT molecular complexity index is 891. The number of ether oxygens (including phenoxy) is 1. The largest absolute Gasteiger partial charge is 0.379 e. The SMILES string of the molecule is Cc1ccc(C(=O)N(C)c2ccccc2)cc1S(=O)(=O)N1CCOCC1. The molecule has 3 rings (SSSR count). The number of benzene rings is 2. The summed E-state index contributed by atoms with van der Waals surface area (Å²) < 4.78 is 32.6. The smallest absolute Gasteiger partial charge is 0.258 e. The van der Waals surface area contributed by atoms with Crippen LogP contribution in [-0.2, 0) is 14.8 Å². The van der Waals surface area contributed by atoms with Gasteiger partial charge >= 0.3 is 0 Å². The number of para-hydroxylation sites is 1. The number of nitrogens with zero attached hydrogens (tertiary/aromatic N) is 2. The number of anilines is 1. The normalized spacial score (nSPS) is 15.6. The fraction of sp³-hybridized carbons (Fsp3) is 0.316. The molecule has 1 fully saturated rings. The van der Waals surface area contributed by atoms with Crippen LogP contribution in [0.5, 0.6) is 0 Å². The summed E-state index contributed by atoms with van der Waals surface area (Å²) in [5.74, 6) is -0.255. The van der Waals surface area contributed by atoms with Crippen LogP contribution in [-0.4, -0.2) is 52.0 Å². The second-order valence-corrected chi connectivity index (χ2v) is 8.10. The van der Waals surface area contributed by atoms with Crippen molar-refractivity contribution in [3.05, 3.63) is 59.7 Å². The Kier molecular flexibility index (Phi) is 5.41. The molecular formula is C19H22N2O4S. The van der Waals surface area contributed by atoms with Crippen molar-refractivity contribution >= 4 is 21.6 Å². The van der Waals surface area contributed by atoms with Gasteiger partial charge in [0, 0.05) is 31.4 Å². The number of rotatable bonds is 4. The van der Waals surface area contributed by atoms with Crippen LogP contribution in [0, 0.1) is 6.92 Å². The van der Waals surface area contributed by atoms with Crippen molar-refractivity contribution in [2.75, 3.05) is 38.3 Å². The maximum atomic E-state index is 13.0. The average Bonchev–Trinajstić information content (AvgIpc) is 2.68. The predicted molar refractivity (Wildman–Crippen MR) is 99.9 cm³/mol. The number of hydrogen-bond donors (Lipinski definition) is 0. The summed E-state index contributed by atoms with van der Waals surface area (Å²) in [7, 11) is -1.98. The van der Waals surface area contributed by atoms with E-state index in [2.05, 4.69) is 0 Å². The molecule has 1 amide bonds. The first-order valence-electron chi connectivity index (χ1n) is 8.43. The topological polar surface area (TPSA) is 66.9 Å². The highest BCUT2D eigenvalue weighted by Gasteiger charge is 2.28. The first-order chi connectivity index (χ1) is 12.4. The maximum absolute atomic E-state index is 13.0. The Morgan fingerprint density at radius 2 is 1.73 bits per heavy atom. The molecule has 6 nitrogen and oxygen atoms in total. The zero-order valence-electron chi connectivity index (χ0n) is 14.9. The van der Waals surface area contributed by atoms with Gasteiger partial charge in [-0.2, -0.15) is 4.31 Å². The van der Waals surface area contributed by atoms with Crippen molar-refractivity contribution in [3.63, 3.8) is 0 Å². The van der Waals surface area contributed by atoms with E-state index in [0.717, 1.165) is 5.69 Å². The molecule has 1 aliphatic heterocycles. The van der Waals surface area contributed by atoms with E-state index in [1.807, 2.05) is 30.3 Å². The van der Waals surface area contributed by atoms with Gasteiger partial charge in [0.1, 0.15) is 0 Å². The van der Waals surface area contributed by atoms with Crippen molar-refractivity contribution in [1.29, 1.82) is 0 Å². The number of aryl methyl sites for hydroxylation is 1. The van der Waals surface area contributed by atoms with Crippen molar-refractivity contribution in [1.82, 2.24) is 4.31 Å². The van der Waals surface area contributed by atoms with E-state index < -0.39 is 10.0 Å². The van der Waals surface area contributed by atoms with Gasteiger partial charge in [0.15, 0.2) is 0 Å². The molecule has 0 N–H and O–H groups in total. The van der Waals surface area contributed by atoms with E-state index in [1.165, 1.54) is 15.3 Å². The summed E-state index contributed by atoms with van der Waals surface area (Å²) >= 11 is 0. The van der Waals surface area contributed by atoms with E-state index in [9.17, 15) is 13.2 Å². The van der Waals surface area contributed by atoms with Gasteiger partial charge in [0.2, 0.25) is 10.0 Å². The number of hydrogen-bond acceptors (Lipinski definition) is 4. The predicted octanol–water partition coefficient (Wildman–Crippen LogP) is 2.29. The molecule has 2 aromatic carbocycles. The zero-order valence-corrected chi connectivity index (χ0v) is 15.7. The monoisotopic (exact) mass is 374 g/mol. The molecule has 1 saturated heterocycles. The number of carbonyl (C=O) groups is 1. The van der Waals surface area contributed by atoms with Gasteiger partial charge in [0.05, 0.1) is 18.1 Å². The van der Waals surface area contributed by atoms with Crippen LogP contribution in [0.2, 0.25) is 0 Å². The third-order valence-electron chi connectivity index (χ3n) is 4.47. The molecule has 2 aromatic rings. The van der Waals surface area contributed by atoms with E-state index >= 15 is 0 Å². The van der Waals surface area contributed by atoms with Crippen molar-refractivity contribution in [2.45, 2.75) is 11.8 Å². The van der Waals surface area contributed by atoms with Crippen LogP contribution >= 0.6 is 0 Å². The molecular weight excluding hydrogens is 352 g/mol. The highest BCUT2D eigenvalue weighted by Crippen LogP contribution is 2.24. The summed E-state index contributed by atoms with van der Waals surface area (Å²) in [4.78, 5) is 14.5. The van der Waals surface area contributed by atoms with Crippen LogP contribution < -0.4 is 4.90 Å². The van der Waals surface area contributed by atoms with E-state index in [-0.39, 0.29) is 10.8 Å². The third kappa shape index (κ3) is 3.65. The summed E-state index contributed by atoms with van der Waals surface area (Å²) in [6.07, 6.45) is 0. The van der Waals surface area contributed by atoms with Crippen molar-refractivity contribution in [2.24, 2.45) is 0 Å². The Morgan fingerprint density at radius 3 is 2.38 bits per heavy atom. The lowest BCUT2D eigenvalue weighted by atomic mass is 10.1. The molecule has 0 atom stereocenters. The molecule has 0 aromatic heterocycles. The lowest BCUT2D eigenvalue weighted by Gasteiger charge is -2.27. The fourth-order valence-electron chi connectivity index (χ4n) is 2.90. The Hall–Kier alpha value is -2.22. The summed E-state index contributed by atoms with van der Waals surface area (Å²) in [5, 5.41) is 0. The fourth-order valence-corrected chi connectivity index (χ4v) is 4.56. The van der Waals surface area contributed by atoms with Crippen LogP contribution in [0.3, 0.4) is 0 Å². The lowest BCUT2D eigenvalue weighted by molar-refractivity contribution is 0.0730. The summed E-state index contributed by atoms with van der Waals surface area (Å²) in [6, 6.07) is 14.1. The van der Waals surface area contributed by atoms with Crippen LogP contribution in [0.25, 0.3) is 0 Å². The minimum absolute atomic E-state index is 0.173. The summed E-state index contributed by atoms with van der Waals surface area (Å²) in [5.41, 5.74) is 1.71. The molecule has 0 saturated carbocycles. The van der Waals surface area contributed by atoms with E-state index in [0.29, 0.717) is 37.4 Å². The second-order valence-electron chi connectivity index (χ2n) is 6.20. The molecule has 1 heterocycles. The van der Waals surface area contributed by atoms with Gasteiger partial charge in [-0.1, -0.05) is 24.3 Å². The highest BCUT2D eigenvalue weighted by atomic mass is 32.2. The Morgan fingerprint density at radius 1 is 1.08 bits per heavy atom. The van der Waals surface area contributed by atoms with E-state index in [1.54, 1.807) is 26.1 Å². The van der Waals surface area contributed by atoms with Gasteiger partial charge in [-0.05, 0) is 36.8 Å². The quantitative estimate of drug-likeness (QED) is 0.824. The number of sulfonamides is 1. The van der Waals surface area contributed by atoms with Crippen LogP contribution in [0.4, 0.5) is 5.69 Å². The molecule has 0 radical (unpaired) electrons. The van der Waals surface area contributed by atoms with Gasteiger partial charge in [0.25, 0.3) is 5.91 Å². The number of carbonyl (C=O) groups excluding carboxylic acids is 1. The first kappa shape index (κ1) is 18.6. The minimum atomic E-state index is -3.66. The molecule has 1 aliphatic rings. The van der Waals surface area contributed by atoms with Crippen LogP contribution in [0.1, 0.15) is 15.9 Å². The van der Waals surface area contributed by atoms with Crippen molar-refractivity contribution in [3.8, 4) is 0 Å². The number of amides is 1. The van der Waals surface area contributed by atoms with Gasteiger partial charge < -0.3 is 9.64 Å². The van der Waals surface area contributed by atoms with Crippen LogP contribution in [0.15, 0.2) is 53.4 Å². The molecule has 0 unspecified atom stereocenters. The minimum Gasteiger partial charge on any atom is -0.379 e. The summed E-state index contributed by atoms with van der Waals surface area (Å²) in [6.45, 7) is 3.15. The molecule has 0 spiro atoms.